The van der Waals surface area contributed by atoms with Gasteiger partial charge >= 0.3 is 0 Å². The van der Waals surface area contributed by atoms with Crippen LogP contribution in [0.4, 0.5) is 0 Å². The van der Waals surface area contributed by atoms with E-state index in [4.69, 9.17) is 4.74 Å². The molecule has 1 aliphatic heterocycles. The zero-order valence-corrected chi connectivity index (χ0v) is 10.6. The Hall–Kier alpha value is -0.120. The third kappa shape index (κ3) is 3.74. The minimum absolute atomic E-state index is 0.397. The predicted molar refractivity (Wildman–Crippen MR) is 64.2 cm³/mol. The Labute approximate surface area is 94.2 Å². The molecule has 3 heteroatoms. The second-order valence-electron chi connectivity index (χ2n) is 4.53. The van der Waals surface area contributed by atoms with Crippen LogP contribution in [0.5, 0.6) is 0 Å². The Bertz CT molecular complexity index is 175. The molecule has 3 atom stereocenters. The van der Waals surface area contributed by atoms with E-state index in [0.29, 0.717) is 18.2 Å². The number of rotatable bonds is 6. The van der Waals surface area contributed by atoms with Crippen LogP contribution in [0.15, 0.2) is 0 Å². The lowest BCUT2D eigenvalue weighted by atomic mass is 10.1. The van der Waals surface area contributed by atoms with Crippen molar-refractivity contribution in [2.75, 3.05) is 26.7 Å². The van der Waals surface area contributed by atoms with E-state index in [-0.39, 0.29) is 0 Å². The summed E-state index contributed by atoms with van der Waals surface area (Å²) < 4.78 is 5.60. The molecule has 1 heterocycles. The highest BCUT2D eigenvalue weighted by atomic mass is 16.5. The molecule has 0 aromatic carbocycles. The summed E-state index contributed by atoms with van der Waals surface area (Å²) >= 11 is 0. The summed E-state index contributed by atoms with van der Waals surface area (Å²) in [5.41, 5.74) is 0. The van der Waals surface area contributed by atoms with Gasteiger partial charge in [0.2, 0.25) is 0 Å². The van der Waals surface area contributed by atoms with Gasteiger partial charge in [-0.25, -0.2) is 0 Å². The molecule has 3 unspecified atom stereocenters. The maximum atomic E-state index is 5.60. The van der Waals surface area contributed by atoms with Crippen molar-refractivity contribution < 1.29 is 4.74 Å². The lowest BCUT2D eigenvalue weighted by Crippen LogP contribution is -2.45. The SMILES string of the molecule is CCNC(CC)CN(C)C1CCOC1C. The van der Waals surface area contributed by atoms with Gasteiger partial charge in [-0.3, -0.25) is 4.90 Å². The van der Waals surface area contributed by atoms with E-state index in [9.17, 15) is 0 Å². The van der Waals surface area contributed by atoms with Gasteiger partial charge in [0.1, 0.15) is 0 Å². The topological polar surface area (TPSA) is 24.5 Å². The van der Waals surface area contributed by atoms with Gasteiger partial charge in [-0.1, -0.05) is 13.8 Å². The van der Waals surface area contributed by atoms with Crippen molar-refractivity contribution in [3.63, 3.8) is 0 Å². The monoisotopic (exact) mass is 214 g/mol. The molecule has 1 saturated heterocycles. The predicted octanol–water partition coefficient (Wildman–Crippen LogP) is 1.48. The number of hydrogen-bond acceptors (Lipinski definition) is 3. The number of ether oxygens (including phenoxy) is 1. The minimum atomic E-state index is 0.397. The van der Waals surface area contributed by atoms with Gasteiger partial charge in [-0.15, -0.1) is 0 Å². The summed E-state index contributed by atoms with van der Waals surface area (Å²) in [6, 6.07) is 1.23. The maximum absolute atomic E-state index is 5.60. The first-order valence-electron chi connectivity index (χ1n) is 6.24. The van der Waals surface area contributed by atoms with Crippen LogP contribution in [-0.4, -0.2) is 49.8 Å². The summed E-state index contributed by atoms with van der Waals surface area (Å²) in [7, 11) is 2.22. The summed E-state index contributed by atoms with van der Waals surface area (Å²) in [6.45, 7) is 9.71. The highest BCUT2D eigenvalue weighted by molar-refractivity contribution is 4.82. The number of nitrogens with one attached hydrogen (secondary N) is 1. The third-order valence-electron chi connectivity index (χ3n) is 3.40. The van der Waals surface area contributed by atoms with E-state index >= 15 is 0 Å². The molecule has 90 valence electrons. The van der Waals surface area contributed by atoms with Crippen molar-refractivity contribution in [2.24, 2.45) is 0 Å². The Morgan fingerprint density at radius 3 is 2.67 bits per heavy atom. The van der Waals surface area contributed by atoms with Crippen LogP contribution in [0.1, 0.15) is 33.6 Å². The molecule has 0 spiro atoms. The molecule has 0 aliphatic carbocycles. The zero-order chi connectivity index (χ0) is 11.3. The Morgan fingerprint density at radius 2 is 2.20 bits per heavy atom. The van der Waals surface area contributed by atoms with Crippen LogP contribution in [0, 0.1) is 0 Å². The molecule has 1 fully saturated rings. The third-order valence-corrected chi connectivity index (χ3v) is 3.40. The highest BCUT2D eigenvalue weighted by Gasteiger charge is 2.28. The fraction of sp³-hybridized carbons (Fsp3) is 1.00. The van der Waals surface area contributed by atoms with Crippen molar-refractivity contribution in [3.8, 4) is 0 Å². The molecular formula is C12H26N2O. The number of hydrogen-bond donors (Lipinski definition) is 1. The normalized spacial score (nSPS) is 28.6. The van der Waals surface area contributed by atoms with Crippen molar-refractivity contribution in [3.05, 3.63) is 0 Å². The number of nitrogens with zero attached hydrogens (tertiary/aromatic N) is 1. The van der Waals surface area contributed by atoms with Crippen LogP contribution in [0.3, 0.4) is 0 Å². The molecule has 1 rings (SSSR count). The molecule has 0 aromatic rings. The molecule has 0 aromatic heterocycles. The second-order valence-corrected chi connectivity index (χ2v) is 4.53. The average molecular weight is 214 g/mol. The molecule has 15 heavy (non-hydrogen) atoms. The largest absolute Gasteiger partial charge is 0.377 e. The lowest BCUT2D eigenvalue weighted by molar-refractivity contribution is 0.0802. The summed E-state index contributed by atoms with van der Waals surface area (Å²) in [6.07, 6.45) is 2.77. The van der Waals surface area contributed by atoms with E-state index in [1.165, 1.54) is 12.8 Å². The van der Waals surface area contributed by atoms with E-state index in [1.807, 2.05) is 0 Å². The Morgan fingerprint density at radius 1 is 1.47 bits per heavy atom. The van der Waals surface area contributed by atoms with Crippen LogP contribution in [0.2, 0.25) is 0 Å². The Balaban J connectivity index is 2.35. The van der Waals surface area contributed by atoms with Crippen molar-refractivity contribution in [1.82, 2.24) is 10.2 Å². The standard InChI is InChI=1S/C12H26N2O/c1-5-11(13-6-2)9-14(4)12-7-8-15-10(12)3/h10-13H,5-9H2,1-4H3. The number of likely N-dealkylation sites (N-methyl/N-ethyl adjacent to an activating group) is 2. The lowest BCUT2D eigenvalue weighted by Gasteiger charge is -2.30. The molecule has 0 bridgehead atoms. The average Bonchev–Trinajstić information content (AvgIpc) is 2.63. The summed E-state index contributed by atoms with van der Waals surface area (Å²) in [4.78, 5) is 2.45. The molecule has 1 N–H and O–H groups in total. The molecule has 0 amide bonds. The molecular weight excluding hydrogens is 188 g/mol. The van der Waals surface area contributed by atoms with Gasteiger partial charge in [0.25, 0.3) is 0 Å². The molecule has 1 aliphatic rings. The van der Waals surface area contributed by atoms with E-state index < -0.39 is 0 Å². The zero-order valence-electron chi connectivity index (χ0n) is 10.6. The fourth-order valence-electron chi connectivity index (χ4n) is 2.41. The van der Waals surface area contributed by atoms with Crippen LogP contribution >= 0.6 is 0 Å². The van der Waals surface area contributed by atoms with Crippen LogP contribution in [-0.2, 0) is 4.74 Å². The molecule has 3 nitrogen and oxygen atoms in total. The quantitative estimate of drug-likeness (QED) is 0.725. The molecule has 0 saturated carbocycles. The summed E-state index contributed by atoms with van der Waals surface area (Å²) in [5, 5.41) is 3.52. The highest BCUT2D eigenvalue weighted by Crippen LogP contribution is 2.18. The van der Waals surface area contributed by atoms with Gasteiger partial charge in [0.15, 0.2) is 0 Å². The first-order valence-corrected chi connectivity index (χ1v) is 6.24. The van der Waals surface area contributed by atoms with Crippen molar-refractivity contribution in [1.29, 1.82) is 0 Å². The van der Waals surface area contributed by atoms with Crippen molar-refractivity contribution >= 4 is 0 Å². The first-order chi connectivity index (χ1) is 7.19. The minimum Gasteiger partial charge on any atom is -0.377 e. The van der Waals surface area contributed by atoms with Gasteiger partial charge in [0, 0.05) is 25.2 Å². The second kappa shape index (κ2) is 6.46. The Kier molecular flexibility index (Phi) is 5.58. The van der Waals surface area contributed by atoms with Crippen molar-refractivity contribution in [2.45, 2.75) is 51.8 Å². The van der Waals surface area contributed by atoms with Crippen LogP contribution < -0.4 is 5.32 Å². The first kappa shape index (κ1) is 12.9. The van der Waals surface area contributed by atoms with E-state index in [2.05, 4.69) is 38.0 Å². The van der Waals surface area contributed by atoms with E-state index in [0.717, 1.165) is 19.7 Å². The van der Waals surface area contributed by atoms with E-state index in [1.54, 1.807) is 0 Å². The molecule has 0 radical (unpaired) electrons. The summed E-state index contributed by atoms with van der Waals surface area (Å²) in [5.74, 6) is 0. The fourth-order valence-corrected chi connectivity index (χ4v) is 2.41. The van der Waals surface area contributed by atoms with Gasteiger partial charge < -0.3 is 10.1 Å². The smallest absolute Gasteiger partial charge is 0.0702 e. The maximum Gasteiger partial charge on any atom is 0.0702 e. The van der Waals surface area contributed by atoms with Gasteiger partial charge in [0.05, 0.1) is 6.10 Å². The van der Waals surface area contributed by atoms with Crippen LogP contribution in [0.25, 0.3) is 0 Å². The van der Waals surface area contributed by atoms with Gasteiger partial charge in [-0.05, 0) is 33.4 Å². The van der Waals surface area contributed by atoms with Gasteiger partial charge in [-0.2, -0.15) is 0 Å².